The van der Waals surface area contributed by atoms with E-state index >= 15 is 0 Å². The third kappa shape index (κ3) is 87.8. The van der Waals surface area contributed by atoms with Crippen LogP contribution in [0.25, 0.3) is 0 Å². The number of aliphatic carboxylic acids is 4. The fourth-order valence-electron chi connectivity index (χ4n) is 8.77. The number of aliphatic hydroxyl groups is 4. The highest BCUT2D eigenvalue weighted by atomic mass is 16.4. The van der Waals surface area contributed by atoms with Crippen molar-refractivity contribution < 1.29 is 60.0 Å². The first-order valence-electron chi connectivity index (χ1n) is 32.6. The Labute approximate surface area is 475 Å². The van der Waals surface area contributed by atoms with Crippen LogP contribution in [0, 0.1) is 5.41 Å². The van der Waals surface area contributed by atoms with Crippen molar-refractivity contribution in [2.75, 3.05) is 26.4 Å². The normalized spacial score (nSPS) is 10.8. The molecule has 464 valence electrons. The molecule has 0 saturated carbocycles. The fourth-order valence-corrected chi connectivity index (χ4v) is 8.77. The number of hydrogen-bond acceptors (Lipinski definition) is 8. The van der Waals surface area contributed by atoms with Crippen molar-refractivity contribution in [3.8, 4) is 0 Å². The molecule has 0 aromatic rings. The van der Waals surface area contributed by atoms with Crippen LogP contribution in [-0.4, -0.2) is 91.2 Å². The maximum Gasteiger partial charge on any atom is 0.303 e. The van der Waals surface area contributed by atoms with E-state index in [9.17, 15) is 19.2 Å². The Bertz CT molecular complexity index is 962. The molecule has 77 heavy (non-hydrogen) atoms. The molecule has 8 N–H and O–H groups in total. The minimum Gasteiger partial charge on any atom is -0.481 e. The molecule has 12 nitrogen and oxygen atoms in total. The van der Waals surface area contributed by atoms with Crippen LogP contribution in [0.3, 0.4) is 0 Å². The summed E-state index contributed by atoms with van der Waals surface area (Å²) in [5, 5.41) is 67.9. The highest BCUT2D eigenvalue weighted by molar-refractivity contribution is 5.67. The summed E-state index contributed by atoms with van der Waals surface area (Å²) in [4.78, 5) is 41.1. The molecule has 0 bridgehead atoms. The maximum absolute atomic E-state index is 10.3. The van der Waals surface area contributed by atoms with Crippen molar-refractivity contribution in [3.63, 3.8) is 0 Å². The van der Waals surface area contributed by atoms with E-state index in [1.807, 2.05) is 0 Å². The van der Waals surface area contributed by atoms with Crippen LogP contribution in [0.4, 0.5) is 0 Å². The second-order valence-electron chi connectivity index (χ2n) is 22.3. The third-order valence-corrected chi connectivity index (χ3v) is 14.3. The van der Waals surface area contributed by atoms with E-state index in [1.165, 1.54) is 257 Å². The molecule has 0 aliphatic carbocycles. The Morgan fingerprint density at radius 1 is 0.208 bits per heavy atom. The zero-order valence-corrected chi connectivity index (χ0v) is 51.3. The smallest absolute Gasteiger partial charge is 0.303 e. The molecule has 0 aliphatic rings. The molecule has 0 aromatic heterocycles. The van der Waals surface area contributed by atoms with Gasteiger partial charge in [-0.25, -0.2) is 0 Å². The molecule has 0 spiro atoms. The predicted octanol–water partition coefficient (Wildman–Crippen LogP) is 18.6. The standard InChI is InChI=1S/4C15H30O2.C5H12O4/c4*1-2-3-4-5-6-7-8-9-10-11-12-13-14-15(16)17;6-1-5(2-7,3-8)4-9/h4*2-14H2,1H3,(H,16,17);6-9H,1-4H2. The Kier molecular flexibility index (Phi) is 82.2. The zero-order valence-electron chi connectivity index (χ0n) is 51.3. The number of carboxylic acid groups (broad SMARTS) is 4. The van der Waals surface area contributed by atoms with E-state index in [4.69, 9.17) is 40.9 Å². The summed E-state index contributed by atoms with van der Waals surface area (Å²) >= 11 is 0. The van der Waals surface area contributed by atoms with Gasteiger partial charge >= 0.3 is 23.9 Å². The lowest BCUT2D eigenvalue weighted by Gasteiger charge is -2.23. The number of carbonyl (C=O) groups is 4. The van der Waals surface area contributed by atoms with Crippen LogP contribution in [0.1, 0.15) is 362 Å². The first kappa shape index (κ1) is 83.5. The second-order valence-corrected chi connectivity index (χ2v) is 22.3. The number of hydrogen-bond donors (Lipinski definition) is 8. The van der Waals surface area contributed by atoms with Crippen LogP contribution in [0.15, 0.2) is 0 Å². The number of rotatable bonds is 56. The van der Waals surface area contributed by atoms with Gasteiger partial charge in [-0.3, -0.25) is 19.2 Å². The quantitative estimate of drug-likeness (QED) is 0.0266. The summed E-state index contributed by atoms with van der Waals surface area (Å²) in [5.74, 6) is -2.62. The lowest BCUT2D eigenvalue weighted by molar-refractivity contribution is -0.138. The van der Waals surface area contributed by atoms with E-state index in [2.05, 4.69) is 27.7 Å². The van der Waals surface area contributed by atoms with E-state index in [0.717, 1.165) is 51.4 Å². The summed E-state index contributed by atoms with van der Waals surface area (Å²) in [6.07, 6.45) is 63.2. The Morgan fingerprint density at radius 3 is 0.390 bits per heavy atom. The van der Waals surface area contributed by atoms with E-state index < -0.39 is 55.7 Å². The van der Waals surface area contributed by atoms with Crippen molar-refractivity contribution in [1.29, 1.82) is 0 Å². The highest BCUT2D eigenvalue weighted by Gasteiger charge is 2.26. The predicted molar refractivity (Wildman–Crippen MR) is 324 cm³/mol. The van der Waals surface area contributed by atoms with Crippen molar-refractivity contribution in [2.45, 2.75) is 362 Å². The summed E-state index contributed by atoms with van der Waals surface area (Å²) < 4.78 is 0. The minimum atomic E-state index is -1.11. The molecule has 0 atom stereocenters. The third-order valence-electron chi connectivity index (χ3n) is 14.3. The number of carboxylic acids is 4. The lowest BCUT2D eigenvalue weighted by Crippen LogP contribution is -2.37. The van der Waals surface area contributed by atoms with Crippen LogP contribution >= 0.6 is 0 Å². The van der Waals surface area contributed by atoms with Crippen LogP contribution < -0.4 is 0 Å². The summed E-state index contributed by atoms with van der Waals surface area (Å²) in [6, 6.07) is 0. The SMILES string of the molecule is CCCCCCCCCCCCCCC(=O)O.CCCCCCCCCCCCCCC(=O)O.CCCCCCCCCCCCCCC(=O)O.CCCCCCCCCCCCCCC(=O)O.OCC(CO)(CO)CO. The molecule has 0 heterocycles. The molecule has 0 aliphatic heterocycles. The van der Waals surface area contributed by atoms with Crippen molar-refractivity contribution in [3.05, 3.63) is 0 Å². The van der Waals surface area contributed by atoms with Crippen molar-refractivity contribution in [2.24, 2.45) is 5.41 Å². The Balaban J connectivity index is -0.000000284. The topological polar surface area (TPSA) is 230 Å². The monoisotopic (exact) mass is 1100 g/mol. The van der Waals surface area contributed by atoms with Crippen molar-refractivity contribution >= 4 is 23.9 Å². The van der Waals surface area contributed by atoms with Gasteiger partial charge in [-0.15, -0.1) is 0 Å². The Morgan fingerprint density at radius 2 is 0.312 bits per heavy atom. The van der Waals surface area contributed by atoms with Crippen LogP contribution in [0.2, 0.25) is 0 Å². The molecule has 0 saturated heterocycles. The van der Waals surface area contributed by atoms with E-state index in [0.29, 0.717) is 25.7 Å². The largest absolute Gasteiger partial charge is 0.481 e. The van der Waals surface area contributed by atoms with Gasteiger partial charge in [-0.05, 0) is 25.7 Å². The first-order chi connectivity index (χ1) is 37.3. The molecule has 0 fully saturated rings. The summed E-state index contributed by atoms with van der Waals surface area (Å²) in [7, 11) is 0. The van der Waals surface area contributed by atoms with Gasteiger partial charge in [0.2, 0.25) is 0 Å². The molecule has 0 unspecified atom stereocenters. The summed E-state index contributed by atoms with van der Waals surface area (Å²) in [6.45, 7) is 7.39. The van der Waals surface area contributed by atoms with Gasteiger partial charge in [-0.2, -0.15) is 0 Å². The van der Waals surface area contributed by atoms with Gasteiger partial charge in [0.25, 0.3) is 0 Å². The second kappa shape index (κ2) is 75.8. The average molecular weight is 1110 g/mol. The number of aliphatic hydroxyl groups excluding tert-OH is 4. The van der Waals surface area contributed by atoms with Gasteiger partial charge in [-0.1, -0.05) is 310 Å². The molecular formula is C65H132O12. The molecular weight excluding hydrogens is 973 g/mol. The molecule has 0 amide bonds. The van der Waals surface area contributed by atoms with Crippen molar-refractivity contribution in [1.82, 2.24) is 0 Å². The van der Waals surface area contributed by atoms with Crippen LogP contribution in [0.5, 0.6) is 0 Å². The minimum absolute atomic E-state index is 0.345. The lowest BCUT2D eigenvalue weighted by atomic mass is 9.93. The van der Waals surface area contributed by atoms with Crippen LogP contribution in [-0.2, 0) is 19.2 Å². The average Bonchev–Trinajstić information content (AvgIpc) is 3.41. The zero-order chi connectivity index (χ0) is 58.4. The molecule has 0 aromatic carbocycles. The number of unbranched alkanes of at least 4 members (excludes halogenated alkanes) is 44. The highest BCUT2D eigenvalue weighted by Crippen LogP contribution is 2.17. The summed E-state index contributed by atoms with van der Waals surface area (Å²) in [5.41, 5.74) is -1.11. The van der Waals surface area contributed by atoms with E-state index in [1.54, 1.807) is 0 Å². The maximum atomic E-state index is 10.3. The molecule has 0 radical (unpaired) electrons. The van der Waals surface area contributed by atoms with E-state index in [-0.39, 0.29) is 0 Å². The van der Waals surface area contributed by atoms with Gasteiger partial charge in [0, 0.05) is 25.7 Å². The van der Waals surface area contributed by atoms with Gasteiger partial charge in [0.1, 0.15) is 0 Å². The first-order valence-corrected chi connectivity index (χ1v) is 32.6. The fraction of sp³-hybridized carbons (Fsp3) is 0.938. The van der Waals surface area contributed by atoms with Gasteiger partial charge < -0.3 is 40.9 Å². The molecule has 0 rings (SSSR count). The van der Waals surface area contributed by atoms with Gasteiger partial charge in [0.05, 0.1) is 31.8 Å². The van der Waals surface area contributed by atoms with Gasteiger partial charge in [0.15, 0.2) is 0 Å². The molecule has 12 heteroatoms. The Hall–Kier alpha value is -2.28.